The van der Waals surface area contributed by atoms with E-state index in [1.165, 1.54) is 0 Å². The molecule has 0 spiro atoms. The second-order valence-corrected chi connectivity index (χ2v) is 13.9. The summed E-state index contributed by atoms with van der Waals surface area (Å²) in [4.78, 5) is 26.5. The topological polar surface area (TPSA) is 144 Å². The smallest absolute Gasteiger partial charge is 0.325 e. The molecule has 0 radical (unpaired) electrons. The second-order valence-electron chi connectivity index (χ2n) is 13.9. The predicted molar refractivity (Wildman–Crippen MR) is 163 cm³/mol. The molecule has 3 fully saturated rings. The highest BCUT2D eigenvalue weighted by Crippen LogP contribution is 2.34. The summed E-state index contributed by atoms with van der Waals surface area (Å²) >= 11 is 0. The van der Waals surface area contributed by atoms with Crippen LogP contribution in [0.15, 0.2) is 0 Å². The average molecular weight is 598 g/mol. The minimum Gasteiger partial charge on any atom is -0.459 e. The molecule has 2 aliphatic carbocycles. The summed E-state index contributed by atoms with van der Waals surface area (Å²) in [7, 11) is 0. The van der Waals surface area contributed by atoms with E-state index in [0.717, 1.165) is 64.5 Å². The molecule has 0 aromatic heterocycles. The Labute approximate surface area is 253 Å². The van der Waals surface area contributed by atoms with Gasteiger partial charge in [-0.15, -0.1) is 0 Å². The van der Waals surface area contributed by atoms with Crippen LogP contribution in [0, 0.1) is 17.8 Å². The quantitative estimate of drug-likeness (QED) is 0.162. The van der Waals surface area contributed by atoms with Gasteiger partial charge in [0, 0.05) is 44.7 Å². The number of esters is 1. The maximum Gasteiger partial charge on any atom is 0.325 e. The van der Waals surface area contributed by atoms with E-state index in [0.29, 0.717) is 44.1 Å². The van der Waals surface area contributed by atoms with Gasteiger partial charge in [0.05, 0.1) is 24.9 Å². The fourth-order valence-corrected chi connectivity index (χ4v) is 6.65. The highest BCUT2D eigenvalue weighted by Gasteiger charge is 2.34. The number of nitrogens with one attached hydrogen (secondary N) is 4. The minimum absolute atomic E-state index is 0.0193. The van der Waals surface area contributed by atoms with Crippen molar-refractivity contribution >= 4 is 11.9 Å². The van der Waals surface area contributed by atoms with E-state index in [2.05, 4.69) is 26.2 Å². The third-order valence-electron chi connectivity index (χ3n) is 8.69. The van der Waals surface area contributed by atoms with Crippen molar-refractivity contribution in [2.75, 3.05) is 45.9 Å². The number of aliphatic hydroxyl groups is 2. The molecule has 11 nitrogen and oxygen atoms in total. The highest BCUT2D eigenvalue weighted by molar-refractivity contribution is 5.83. The first-order valence-corrected chi connectivity index (χ1v) is 16.3. The molecule has 6 N–H and O–H groups in total. The maximum atomic E-state index is 12.6. The third-order valence-corrected chi connectivity index (χ3v) is 8.69. The van der Waals surface area contributed by atoms with Crippen LogP contribution in [0.1, 0.15) is 86.0 Å². The second kappa shape index (κ2) is 17.2. The van der Waals surface area contributed by atoms with Crippen molar-refractivity contribution in [3.63, 3.8) is 0 Å². The average Bonchev–Trinajstić information content (AvgIpc) is 2.91. The maximum absolute atomic E-state index is 12.6. The van der Waals surface area contributed by atoms with Crippen LogP contribution in [0.3, 0.4) is 0 Å². The molecule has 1 aliphatic heterocycles. The number of carbonyl (C=O) groups excluding carboxylic acids is 2. The van der Waals surface area contributed by atoms with Crippen LogP contribution in [0.25, 0.3) is 0 Å². The SMILES string of the molecule is CC(O)CN(CCOC1CCC(NC2NCC(C3CCC(C(=O)NCC(=O)OC(C)(C)C)CC3)CN2)CC1)CC(C)O. The van der Waals surface area contributed by atoms with Crippen molar-refractivity contribution in [3.05, 3.63) is 0 Å². The van der Waals surface area contributed by atoms with Crippen molar-refractivity contribution in [1.29, 1.82) is 0 Å². The standard InChI is InChI=1S/C31H59N5O6/c1-21(37)19-36(20-22(2)38)14-15-41-27-12-10-26(11-13-27)35-30-33-16-25(17-34-30)23-6-8-24(9-7-23)29(40)32-18-28(39)42-31(3,4)5/h21-27,30,33-35,37-38H,6-20H2,1-5H3,(H,32,40). The molecule has 2 saturated carbocycles. The van der Waals surface area contributed by atoms with E-state index in [4.69, 9.17) is 9.47 Å². The molecule has 1 saturated heterocycles. The normalized spacial score (nSPS) is 30.5. The van der Waals surface area contributed by atoms with Crippen LogP contribution in [-0.4, -0.2) is 109 Å². The number of aliphatic hydroxyl groups excluding tert-OH is 2. The van der Waals surface area contributed by atoms with Gasteiger partial charge in [-0.1, -0.05) is 0 Å². The first-order valence-electron chi connectivity index (χ1n) is 16.3. The molecule has 0 bridgehead atoms. The van der Waals surface area contributed by atoms with Crippen molar-refractivity contribution in [2.24, 2.45) is 17.8 Å². The predicted octanol–water partition coefficient (Wildman–Crippen LogP) is 1.32. The van der Waals surface area contributed by atoms with Crippen LogP contribution >= 0.6 is 0 Å². The van der Waals surface area contributed by atoms with Crippen LogP contribution in [0.4, 0.5) is 0 Å². The third kappa shape index (κ3) is 13.1. The van der Waals surface area contributed by atoms with Crippen molar-refractivity contribution in [2.45, 2.75) is 122 Å². The van der Waals surface area contributed by atoms with Crippen LogP contribution in [0.2, 0.25) is 0 Å². The zero-order valence-corrected chi connectivity index (χ0v) is 26.7. The number of hydrogen-bond acceptors (Lipinski definition) is 10. The van der Waals surface area contributed by atoms with Crippen LogP contribution in [0.5, 0.6) is 0 Å². The highest BCUT2D eigenvalue weighted by atomic mass is 16.6. The number of amides is 1. The van der Waals surface area contributed by atoms with E-state index < -0.39 is 23.8 Å². The van der Waals surface area contributed by atoms with Gasteiger partial charge in [0.15, 0.2) is 0 Å². The fourth-order valence-electron chi connectivity index (χ4n) is 6.65. The van der Waals surface area contributed by atoms with Gasteiger partial charge < -0.3 is 25.0 Å². The minimum atomic E-state index is -0.546. The van der Waals surface area contributed by atoms with E-state index >= 15 is 0 Å². The Kier molecular flexibility index (Phi) is 14.4. The summed E-state index contributed by atoms with van der Waals surface area (Å²) in [5, 5.41) is 33.2. The van der Waals surface area contributed by atoms with Gasteiger partial charge in [-0.25, -0.2) is 0 Å². The zero-order chi connectivity index (χ0) is 30.7. The monoisotopic (exact) mass is 597 g/mol. The number of ether oxygens (including phenoxy) is 2. The fraction of sp³-hybridized carbons (Fsp3) is 0.935. The lowest BCUT2D eigenvalue weighted by molar-refractivity contribution is -0.154. The zero-order valence-electron chi connectivity index (χ0n) is 26.7. The lowest BCUT2D eigenvalue weighted by Gasteiger charge is -2.40. The molecular weight excluding hydrogens is 538 g/mol. The van der Waals surface area contributed by atoms with E-state index in [-0.39, 0.29) is 30.8 Å². The van der Waals surface area contributed by atoms with Gasteiger partial charge in [0.1, 0.15) is 18.4 Å². The van der Waals surface area contributed by atoms with E-state index in [1.807, 2.05) is 20.8 Å². The number of carbonyl (C=O) groups is 2. The van der Waals surface area contributed by atoms with Crippen LogP contribution in [-0.2, 0) is 19.1 Å². The molecule has 2 atom stereocenters. The Morgan fingerprint density at radius 1 is 0.905 bits per heavy atom. The van der Waals surface area contributed by atoms with Gasteiger partial charge in [-0.3, -0.25) is 30.4 Å². The molecule has 3 rings (SSSR count). The number of nitrogens with zero attached hydrogens (tertiary/aromatic N) is 1. The lowest BCUT2D eigenvalue weighted by atomic mass is 9.75. The molecule has 42 heavy (non-hydrogen) atoms. The summed E-state index contributed by atoms with van der Waals surface area (Å²) in [6, 6.07) is 0.461. The van der Waals surface area contributed by atoms with Gasteiger partial charge in [0.2, 0.25) is 5.91 Å². The summed E-state index contributed by atoms with van der Waals surface area (Å²) in [6.45, 7) is 13.3. The molecule has 1 heterocycles. The van der Waals surface area contributed by atoms with Crippen molar-refractivity contribution in [1.82, 2.24) is 26.2 Å². The summed E-state index contributed by atoms with van der Waals surface area (Å²) in [5.41, 5.74) is -0.546. The van der Waals surface area contributed by atoms with Gasteiger partial charge in [-0.05, 0) is 97.8 Å². The van der Waals surface area contributed by atoms with Gasteiger partial charge in [0.25, 0.3) is 0 Å². The molecule has 3 aliphatic rings. The molecule has 1 amide bonds. The van der Waals surface area contributed by atoms with Gasteiger partial charge >= 0.3 is 5.97 Å². The largest absolute Gasteiger partial charge is 0.459 e. The first-order chi connectivity index (χ1) is 19.9. The summed E-state index contributed by atoms with van der Waals surface area (Å²) in [6.07, 6.45) is 7.60. The van der Waals surface area contributed by atoms with E-state index in [9.17, 15) is 19.8 Å². The van der Waals surface area contributed by atoms with Gasteiger partial charge in [-0.2, -0.15) is 0 Å². The molecule has 0 aromatic carbocycles. The first kappa shape index (κ1) is 35.1. The molecule has 11 heteroatoms. The van der Waals surface area contributed by atoms with E-state index in [1.54, 1.807) is 13.8 Å². The molecule has 244 valence electrons. The number of rotatable bonds is 14. The Morgan fingerprint density at radius 2 is 1.50 bits per heavy atom. The summed E-state index contributed by atoms with van der Waals surface area (Å²) < 4.78 is 11.4. The molecule has 2 unspecified atom stereocenters. The lowest BCUT2D eigenvalue weighted by Crippen LogP contribution is -2.63. The number of hydrogen-bond donors (Lipinski definition) is 6. The Morgan fingerprint density at radius 3 is 2.05 bits per heavy atom. The molecule has 0 aromatic rings. The Bertz CT molecular complexity index is 788. The molecular formula is C31H59N5O6. The Hall–Kier alpha value is -1.34. The van der Waals surface area contributed by atoms with Crippen LogP contribution < -0.4 is 21.3 Å². The van der Waals surface area contributed by atoms with Crippen molar-refractivity contribution in [3.8, 4) is 0 Å². The Balaban J connectivity index is 1.26. The summed E-state index contributed by atoms with van der Waals surface area (Å²) in [5.74, 6) is 0.715. The van der Waals surface area contributed by atoms with Crippen molar-refractivity contribution < 1.29 is 29.3 Å².